The van der Waals surface area contributed by atoms with Crippen LogP contribution in [0.2, 0.25) is 0 Å². The molecule has 0 amide bonds. The first-order chi connectivity index (χ1) is 5.16. The fraction of sp³-hybridized carbons (Fsp3) is 0.875. The lowest BCUT2D eigenvalue weighted by Gasteiger charge is -2.20. The van der Waals surface area contributed by atoms with E-state index in [4.69, 9.17) is 12.3 Å². The van der Waals surface area contributed by atoms with Gasteiger partial charge < -0.3 is 15.5 Å². The van der Waals surface area contributed by atoms with Gasteiger partial charge >= 0.3 is 0 Å². The van der Waals surface area contributed by atoms with Crippen molar-refractivity contribution in [2.24, 2.45) is 5.73 Å². The fourth-order valence-electron chi connectivity index (χ4n) is 1.59. The molecule has 1 unspecified atom stereocenters. The van der Waals surface area contributed by atoms with Crippen molar-refractivity contribution >= 4 is 0 Å². The van der Waals surface area contributed by atoms with Crippen LogP contribution >= 0.6 is 0 Å². The maximum absolute atomic E-state index is 6.66. The number of nitrogens with two attached hydrogens (primary N) is 1. The highest BCUT2D eigenvalue weighted by atomic mass is 15.2. The summed E-state index contributed by atoms with van der Waals surface area (Å²) in [6.45, 7) is 9.26. The molecule has 0 spiro atoms. The Kier molecular flexibility index (Phi) is 2.48. The van der Waals surface area contributed by atoms with E-state index < -0.39 is 0 Å². The van der Waals surface area contributed by atoms with Crippen molar-refractivity contribution in [1.29, 1.82) is 0 Å². The molecule has 62 valence electrons. The van der Waals surface area contributed by atoms with E-state index in [1.807, 2.05) is 0 Å². The van der Waals surface area contributed by atoms with E-state index in [-0.39, 0.29) is 5.54 Å². The zero-order valence-electron chi connectivity index (χ0n) is 7.01. The molecule has 0 aromatic carbocycles. The highest BCUT2D eigenvalue weighted by Crippen LogP contribution is 2.20. The molecule has 0 saturated carbocycles. The lowest BCUT2D eigenvalue weighted by atomic mass is 9.96. The Morgan fingerprint density at radius 3 is 2.91 bits per heavy atom. The summed E-state index contributed by atoms with van der Waals surface area (Å²) in [5.41, 5.74) is 5.98. The predicted octanol–water partition coefficient (Wildman–Crippen LogP) is 0.329. The molecule has 3 heteroatoms. The van der Waals surface area contributed by atoms with Crippen LogP contribution in [0.4, 0.5) is 0 Å². The molecule has 1 aliphatic rings. The average molecular weight is 153 g/mol. The van der Waals surface area contributed by atoms with Gasteiger partial charge in [0.2, 0.25) is 6.54 Å². The Morgan fingerprint density at radius 1 is 1.73 bits per heavy atom. The van der Waals surface area contributed by atoms with Gasteiger partial charge in [-0.1, -0.05) is 0 Å². The minimum absolute atomic E-state index is 0.0701. The van der Waals surface area contributed by atoms with Crippen molar-refractivity contribution in [3.63, 3.8) is 0 Å². The smallest absolute Gasteiger partial charge is 0.216 e. The van der Waals surface area contributed by atoms with Gasteiger partial charge in [0.05, 0.1) is 0 Å². The second kappa shape index (κ2) is 3.21. The van der Waals surface area contributed by atoms with Crippen LogP contribution in [0.1, 0.15) is 12.8 Å². The van der Waals surface area contributed by atoms with Gasteiger partial charge in [-0.3, -0.25) is 0 Å². The monoisotopic (exact) mass is 153 g/mol. The fourth-order valence-corrected chi connectivity index (χ4v) is 1.59. The minimum atomic E-state index is -0.0701. The van der Waals surface area contributed by atoms with Crippen molar-refractivity contribution in [3.05, 3.63) is 11.4 Å². The van der Waals surface area contributed by atoms with Crippen LogP contribution in [0.5, 0.6) is 0 Å². The Labute approximate surface area is 68.0 Å². The molecule has 1 aliphatic heterocycles. The van der Waals surface area contributed by atoms with Crippen molar-refractivity contribution in [2.75, 3.05) is 26.7 Å². The first kappa shape index (κ1) is 8.51. The van der Waals surface area contributed by atoms with E-state index >= 15 is 0 Å². The summed E-state index contributed by atoms with van der Waals surface area (Å²) in [6, 6.07) is 0. The van der Waals surface area contributed by atoms with Gasteiger partial charge in [0.25, 0.3) is 0 Å². The van der Waals surface area contributed by atoms with Gasteiger partial charge in [0.1, 0.15) is 0 Å². The number of rotatable bonds is 2. The molecule has 11 heavy (non-hydrogen) atoms. The van der Waals surface area contributed by atoms with Crippen molar-refractivity contribution in [1.82, 2.24) is 4.90 Å². The average Bonchev–Trinajstić information content (AvgIpc) is 2.28. The molecule has 1 atom stereocenters. The van der Waals surface area contributed by atoms with Gasteiger partial charge in [0.15, 0.2) is 0 Å². The van der Waals surface area contributed by atoms with E-state index in [9.17, 15) is 0 Å². The normalized spacial score (nSPS) is 32.1. The van der Waals surface area contributed by atoms with Crippen molar-refractivity contribution in [2.45, 2.75) is 18.4 Å². The second-order valence-electron chi connectivity index (χ2n) is 3.48. The number of hydrogen-bond donors (Lipinski definition) is 1. The second-order valence-corrected chi connectivity index (χ2v) is 3.48. The SMILES string of the molecule is [C-]#[N+]CCC1(N)CCN(C)C1. The molecule has 0 bridgehead atoms. The summed E-state index contributed by atoms with van der Waals surface area (Å²) in [7, 11) is 2.08. The molecule has 3 nitrogen and oxygen atoms in total. The Balaban J connectivity index is 2.37. The van der Waals surface area contributed by atoms with E-state index in [2.05, 4.69) is 16.8 Å². The summed E-state index contributed by atoms with van der Waals surface area (Å²) >= 11 is 0. The van der Waals surface area contributed by atoms with E-state index in [1.54, 1.807) is 0 Å². The summed E-state index contributed by atoms with van der Waals surface area (Å²) < 4.78 is 0. The summed E-state index contributed by atoms with van der Waals surface area (Å²) in [4.78, 5) is 5.55. The van der Waals surface area contributed by atoms with Gasteiger partial charge in [-0.25, -0.2) is 6.57 Å². The molecular weight excluding hydrogens is 138 g/mol. The molecule has 0 aromatic heterocycles. The third kappa shape index (κ3) is 2.18. The number of likely N-dealkylation sites (N-methyl/N-ethyl adjacent to an activating group) is 1. The summed E-state index contributed by atoms with van der Waals surface area (Å²) in [6.07, 6.45) is 1.89. The predicted molar refractivity (Wildman–Crippen MR) is 45.1 cm³/mol. The van der Waals surface area contributed by atoms with Crippen LogP contribution in [0.25, 0.3) is 4.85 Å². The third-order valence-electron chi connectivity index (χ3n) is 2.30. The van der Waals surface area contributed by atoms with Gasteiger partial charge in [0, 0.05) is 18.5 Å². The van der Waals surface area contributed by atoms with E-state index in [0.29, 0.717) is 6.54 Å². The minimum Gasteiger partial charge on any atom is -0.324 e. The lowest BCUT2D eigenvalue weighted by molar-refractivity contribution is 0.360. The molecule has 1 heterocycles. The first-order valence-electron chi connectivity index (χ1n) is 3.97. The highest BCUT2D eigenvalue weighted by Gasteiger charge is 2.32. The molecule has 2 N–H and O–H groups in total. The molecule has 0 radical (unpaired) electrons. The number of likely N-dealkylation sites (tertiary alicyclic amines) is 1. The zero-order chi connectivity index (χ0) is 8.32. The van der Waals surface area contributed by atoms with E-state index in [1.165, 1.54) is 0 Å². The van der Waals surface area contributed by atoms with Crippen LogP contribution in [-0.4, -0.2) is 37.1 Å². The Morgan fingerprint density at radius 2 is 2.45 bits per heavy atom. The molecular formula is C8H15N3. The molecule has 1 fully saturated rings. The van der Waals surface area contributed by atoms with Crippen LogP contribution in [0.15, 0.2) is 0 Å². The number of nitrogens with zero attached hydrogens (tertiary/aromatic N) is 2. The third-order valence-corrected chi connectivity index (χ3v) is 2.30. The van der Waals surface area contributed by atoms with Crippen LogP contribution in [-0.2, 0) is 0 Å². The zero-order valence-corrected chi connectivity index (χ0v) is 7.01. The summed E-state index contributed by atoms with van der Waals surface area (Å²) in [5.74, 6) is 0. The van der Waals surface area contributed by atoms with Crippen molar-refractivity contribution in [3.8, 4) is 0 Å². The molecule has 0 aliphatic carbocycles. The van der Waals surface area contributed by atoms with Crippen LogP contribution in [0.3, 0.4) is 0 Å². The maximum atomic E-state index is 6.66. The summed E-state index contributed by atoms with van der Waals surface area (Å²) in [5, 5.41) is 0. The Bertz CT molecular complexity index is 173. The van der Waals surface area contributed by atoms with Crippen molar-refractivity contribution < 1.29 is 0 Å². The van der Waals surface area contributed by atoms with E-state index in [0.717, 1.165) is 25.9 Å². The molecule has 1 saturated heterocycles. The van der Waals surface area contributed by atoms with Gasteiger partial charge in [-0.2, -0.15) is 0 Å². The largest absolute Gasteiger partial charge is 0.324 e. The first-order valence-corrected chi connectivity index (χ1v) is 3.97. The van der Waals surface area contributed by atoms with Crippen LogP contribution < -0.4 is 5.73 Å². The standard InChI is InChI=1S/C8H15N3/c1-10-5-3-8(9)4-6-11(2)7-8/h3-7,9H2,2H3. The lowest BCUT2D eigenvalue weighted by Crippen LogP contribution is -2.42. The van der Waals surface area contributed by atoms with Gasteiger partial charge in [-0.05, 0) is 20.0 Å². The maximum Gasteiger partial charge on any atom is 0.216 e. The van der Waals surface area contributed by atoms with Crippen LogP contribution in [0, 0.1) is 6.57 Å². The molecule has 0 aromatic rings. The Hall–Kier alpha value is -0.590. The molecule has 1 rings (SSSR count). The highest BCUT2D eigenvalue weighted by molar-refractivity contribution is 4.94. The quantitative estimate of drug-likeness (QED) is 0.580. The van der Waals surface area contributed by atoms with Gasteiger partial charge in [-0.15, -0.1) is 0 Å². The number of hydrogen-bond acceptors (Lipinski definition) is 2. The topological polar surface area (TPSA) is 33.6 Å².